The molecule has 1 aliphatic rings. The molecule has 24 heavy (non-hydrogen) atoms. The number of carbonyl (C=O) groups is 1. The number of sulfonamides is 1. The van der Waals surface area contributed by atoms with Crippen molar-refractivity contribution in [2.75, 3.05) is 0 Å². The van der Waals surface area contributed by atoms with Crippen LogP contribution in [0.15, 0.2) is 41.4 Å². The van der Waals surface area contributed by atoms with E-state index in [1.165, 1.54) is 34.2 Å². The summed E-state index contributed by atoms with van der Waals surface area (Å²) in [6.07, 6.45) is 2.83. The van der Waals surface area contributed by atoms with E-state index >= 15 is 0 Å². The lowest BCUT2D eigenvalue weighted by Gasteiger charge is -2.21. The Balaban J connectivity index is 1.93. The van der Waals surface area contributed by atoms with E-state index in [0.29, 0.717) is 5.56 Å². The zero-order chi connectivity index (χ0) is 17.5. The molecule has 1 saturated carbocycles. The normalized spacial score (nSPS) is 15.0. The number of carboxylic acids is 1. The minimum atomic E-state index is -3.83. The summed E-state index contributed by atoms with van der Waals surface area (Å²) in [5, 5.41) is 9.10. The van der Waals surface area contributed by atoms with Gasteiger partial charge in [-0.05, 0) is 36.6 Å². The van der Waals surface area contributed by atoms with Crippen LogP contribution in [0.1, 0.15) is 28.9 Å². The lowest BCUT2D eigenvalue weighted by Crippen LogP contribution is -2.32. The van der Waals surface area contributed by atoms with Gasteiger partial charge in [0.1, 0.15) is 16.4 Å². The first-order valence-corrected chi connectivity index (χ1v) is 8.89. The second-order valence-electron chi connectivity index (χ2n) is 5.89. The summed E-state index contributed by atoms with van der Waals surface area (Å²) in [4.78, 5) is 11.1. The highest BCUT2D eigenvalue weighted by Gasteiger charge is 2.38. The summed E-state index contributed by atoms with van der Waals surface area (Å²) in [5.74, 6) is -1.57. The van der Waals surface area contributed by atoms with Gasteiger partial charge in [0.15, 0.2) is 0 Å². The molecule has 1 aromatic heterocycles. The second kappa shape index (κ2) is 6.03. The van der Waals surface area contributed by atoms with E-state index in [4.69, 9.17) is 5.11 Å². The van der Waals surface area contributed by atoms with Crippen molar-refractivity contribution >= 4 is 16.0 Å². The summed E-state index contributed by atoms with van der Waals surface area (Å²) in [6, 6.07) is 6.74. The molecule has 0 aliphatic heterocycles. The summed E-state index contributed by atoms with van der Waals surface area (Å²) in [7, 11) is -2.34. The van der Waals surface area contributed by atoms with Crippen LogP contribution in [0.25, 0.3) is 0 Å². The Labute approximate surface area is 139 Å². The number of benzene rings is 1. The van der Waals surface area contributed by atoms with Crippen molar-refractivity contribution in [1.82, 2.24) is 8.87 Å². The Morgan fingerprint density at radius 2 is 1.96 bits per heavy atom. The van der Waals surface area contributed by atoms with Crippen LogP contribution in [-0.4, -0.2) is 34.4 Å². The maximum atomic E-state index is 13.0. The molecule has 2 aromatic rings. The van der Waals surface area contributed by atoms with Crippen molar-refractivity contribution < 1.29 is 22.7 Å². The highest BCUT2D eigenvalue weighted by Crippen LogP contribution is 2.34. The molecule has 3 rings (SSSR count). The first kappa shape index (κ1) is 16.7. The monoisotopic (exact) mass is 352 g/mol. The number of aromatic carboxylic acids is 1. The average Bonchev–Trinajstić information content (AvgIpc) is 3.27. The highest BCUT2D eigenvalue weighted by atomic mass is 32.2. The third-order valence-electron chi connectivity index (χ3n) is 4.01. The predicted molar refractivity (Wildman–Crippen MR) is 84.5 cm³/mol. The summed E-state index contributed by atoms with van der Waals surface area (Å²) < 4.78 is 41.5. The van der Waals surface area contributed by atoms with Gasteiger partial charge in [-0.3, -0.25) is 0 Å². The van der Waals surface area contributed by atoms with Gasteiger partial charge in [0.05, 0.1) is 0 Å². The van der Waals surface area contributed by atoms with Crippen molar-refractivity contribution in [3.8, 4) is 0 Å². The fraction of sp³-hybridized carbons (Fsp3) is 0.312. The maximum absolute atomic E-state index is 13.0. The fourth-order valence-electron chi connectivity index (χ4n) is 2.57. The van der Waals surface area contributed by atoms with E-state index < -0.39 is 16.0 Å². The molecular formula is C16H17FN2O4S. The summed E-state index contributed by atoms with van der Waals surface area (Å²) in [6.45, 7) is 0.130. The average molecular weight is 352 g/mol. The zero-order valence-corrected chi connectivity index (χ0v) is 13.8. The van der Waals surface area contributed by atoms with E-state index in [9.17, 15) is 17.6 Å². The molecule has 8 heteroatoms. The van der Waals surface area contributed by atoms with Crippen molar-refractivity contribution in [3.05, 3.63) is 53.6 Å². The van der Waals surface area contributed by atoms with Crippen molar-refractivity contribution in [2.24, 2.45) is 7.05 Å². The molecule has 0 bridgehead atoms. The highest BCUT2D eigenvalue weighted by molar-refractivity contribution is 7.89. The topological polar surface area (TPSA) is 79.6 Å². The number of aromatic nitrogens is 1. The fourth-order valence-corrected chi connectivity index (χ4v) is 4.31. The number of hydrogen-bond acceptors (Lipinski definition) is 3. The minimum Gasteiger partial charge on any atom is -0.477 e. The lowest BCUT2D eigenvalue weighted by atomic mass is 10.2. The van der Waals surface area contributed by atoms with Crippen molar-refractivity contribution in [3.63, 3.8) is 0 Å². The van der Waals surface area contributed by atoms with Gasteiger partial charge in [0, 0.05) is 25.8 Å². The second-order valence-corrected chi connectivity index (χ2v) is 7.78. The smallest absolute Gasteiger partial charge is 0.352 e. The third-order valence-corrected chi connectivity index (χ3v) is 5.88. The van der Waals surface area contributed by atoms with E-state index in [-0.39, 0.29) is 29.0 Å². The number of carboxylic acid groups (broad SMARTS) is 1. The molecule has 6 nitrogen and oxygen atoms in total. The Morgan fingerprint density at radius 3 is 2.46 bits per heavy atom. The molecular weight excluding hydrogens is 335 g/mol. The summed E-state index contributed by atoms with van der Waals surface area (Å²) >= 11 is 0. The van der Waals surface area contributed by atoms with Gasteiger partial charge < -0.3 is 9.67 Å². The first-order chi connectivity index (χ1) is 11.3. The molecule has 0 spiro atoms. The quantitative estimate of drug-likeness (QED) is 0.864. The number of aryl methyl sites for hydroxylation is 1. The Hall–Kier alpha value is -2.19. The standard InChI is InChI=1S/C16H17FN2O4S/c1-18-10-14(8-15(18)16(20)21)24(22,23)19(13-6-7-13)9-11-2-4-12(17)5-3-11/h2-5,8,10,13H,6-7,9H2,1H3,(H,20,21). The molecule has 1 aromatic carbocycles. The van der Waals surface area contributed by atoms with Crippen molar-refractivity contribution in [2.45, 2.75) is 30.3 Å². The van der Waals surface area contributed by atoms with Crippen LogP contribution in [-0.2, 0) is 23.6 Å². The van der Waals surface area contributed by atoms with Crippen LogP contribution < -0.4 is 0 Å². The van der Waals surface area contributed by atoms with Crippen LogP contribution >= 0.6 is 0 Å². The molecule has 1 aliphatic carbocycles. The molecule has 0 radical (unpaired) electrons. The van der Waals surface area contributed by atoms with Gasteiger partial charge in [-0.15, -0.1) is 0 Å². The summed E-state index contributed by atoms with van der Waals surface area (Å²) in [5.41, 5.74) is 0.590. The van der Waals surface area contributed by atoms with Crippen LogP contribution in [0.5, 0.6) is 0 Å². The molecule has 0 amide bonds. The first-order valence-electron chi connectivity index (χ1n) is 7.45. The van der Waals surface area contributed by atoms with Gasteiger partial charge in [0.25, 0.3) is 0 Å². The van der Waals surface area contributed by atoms with Crippen LogP contribution in [0.3, 0.4) is 0 Å². The molecule has 0 atom stereocenters. The van der Waals surface area contributed by atoms with Gasteiger partial charge in [-0.25, -0.2) is 17.6 Å². The van der Waals surface area contributed by atoms with Gasteiger partial charge in [-0.1, -0.05) is 12.1 Å². The molecule has 128 valence electrons. The molecule has 0 saturated heterocycles. The third kappa shape index (κ3) is 3.20. The maximum Gasteiger partial charge on any atom is 0.352 e. The van der Waals surface area contributed by atoms with E-state index in [2.05, 4.69) is 0 Å². The molecule has 1 fully saturated rings. The van der Waals surface area contributed by atoms with E-state index in [0.717, 1.165) is 18.9 Å². The van der Waals surface area contributed by atoms with Crippen LogP contribution in [0.2, 0.25) is 0 Å². The largest absolute Gasteiger partial charge is 0.477 e. The molecule has 0 unspecified atom stereocenters. The molecule has 1 N–H and O–H groups in total. The van der Waals surface area contributed by atoms with E-state index in [1.54, 1.807) is 12.1 Å². The van der Waals surface area contributed by atoms with Gasteiger partial charge in [0.2, 0.25) is 10.0 Å². The minimum absolute atomic E-state index is 0.0450. The van der Waals surface area contributed by atoms with Crippen LogP contribution in [0, 0.1) is 5.82 Å². The number of rotatable bonds is 6. The number of nitrogens with zero attached hydrogens (tertiary/aromatic N) is 2. The Morgan fingerprint density at radius 1 is 1.33 bits per heavy atom. The van der Waals surface area contributed by atoms with Crippen molar-refractivity contribution in [1.29, 1.82) is 0 Å². The van der Waals surface area contributed by atoms with E-state index in [1.807, 2.05) is 0 Å². The molecule has 1 heterocycles. The van der Waals surface area contributed by atoms with Gasteiger partial charge >= 0.3 is 5.97 Å². The number of hydrogen-bond donors (Lipinski definition) is 1. The lowest BCUT2D eigenvalue weighted by molar-refractivity contribution is 0.0686. The van der Waals surface area contributed by atoms with Gasteiger partial charge in [-0.2, -0.15) is 4.31 Å². The zero-order valence-electron chi connectivity index (χ0n) is 13.0. The SMILES string of the molecule is Cn1cc(S(=O)(=O)N(Cc2ccc(F)cc2)C2CC2)cc1C(=O)O. The Kier molecular flexibility index (Phi) is 4.18. The predicted octanol–water partition coefficient (Wildman–Crippen LogP) is 2.22. The van der Waals surface area contributed by atoms with Crippen LogP contribution in [0.4, 0.5) is 4.39 Å². The Bertz CT molecular complexity index is 870. The number of halogens is 1.